The van der Waals surface area contributed by atoms with Crippen LogP contribution in [-0.4, -0.2) is 23.0 Å². The lowest BCUT2D eigenvalue weighted by Crippen LogP contribution is -2.14. The average Bonchev–Trinajstić information content (AvgIpc) is 3.13. The molecule has 0 unspecified atom stereocenters. The van der Waals surface area contributed by atoms with Crippen LogP contribution in [0.25, 0.3) is 22.4 Å². The van der Waals surface area contributed by atoms with Crippen molar-refractivity contribution in [2.75, 3.05) is 12.4 Å². The number of imidazole rings is 1. The molecule has 28 heavy (non-hydrogen) atoms. The number of ether oxygens (including phenoxy) is 1. The number of aromatic amines is 1. The molecule has 0 bridgehead atoms. The second-order valence-electron chi connectivity index (χ2n) is 6.71. The molecule has 0 aliphatic carbocycles. The summed E-state index contributed by atoms with van der Waals surface area (Å²) in [4.78, 5) is 20.3. The fraction of sp³-hybridized carbons (Fsp3) is 0.130. The number of benzene rings is 3. The summed E-state index contributed by atoms with van der Waals surface area (Å²) >= 11 is 0. The molecular weight excluding hydrogens is 350 g/mol. The lowest BCUT2D eigenvalue weighted by molar-refractivity contribution is -0.115. The smallest absolute Gasteiger partial charge is 0.228 e. The fourth-order valence-corrected chi connectivity index (χ4v) is 3.24. The first-order chi connectivity index (χ1) is 13.6. The van der Waals surface area contributed by atoms with E-state index in [-0.39, 0.29) is 5.91 Å². The van der Waals surface area contributed by atoms with E-state index in [2.05, 4.69) is 15.3 Å². The Morgan fingerprint density at radius 2 is 1.86 bits per heavy atom. The van der Waals surface area contributed by atoms with Crippen molar-refractivity contribution >= 4 is 22.6 Å². The largest absolute Gasteiger partial charge is 0.496 e. The van der Waals surface area contributed by atoms with Crippen LogP contribution in [-0.2, 0) is 11.2 Å². The Labute approximate surface area is 163 Å². The number of para-hydroxylation sites is 2. The van der Waals surface area contributed by atoms with Gasteiger partial charge in [-0.3, -0.25) is 4.79 Å². The van der Waals surface area contributed by atoms with Crippen LogP contribution in [0.1, 0.15) is 11.1 Å². The van der Waals surface area contributed by atoms with Crippen molar-refractivity contribution in [3.05, 3.63) is 77.9 Å². The summed E-state index contributed by atoms with van der Waals surface area (Å²) in [6.45, 7) is 1.97. The van der Waals surface area contributed by atoms with Crippen LogP contribution in [0, 0.1) is 6.92 Å². The highest BCUT2D eigenvalue weighted by Gasteiger charge is 2.08. The van der Waals surface area contributed by atoms with E-state index in [4.69, 9.17) is 4.74 Å². The standard InChI is InChI=1S/C23H21N3O2/c1-15-13-16(7-12-21(15)28-2)14-22(27)24-18-10-8-17(9-11-18)23-25-19-5-3-4-6-20(19)26-23/h3-13H,14H2,1-2H3,(H,24,27)(H,25,26). The first-order valence-electron chi connectivity index (χ1n) is 9.11. The highest BCUT2D eigenvalue weighted by atomic mass is 16.5. The molecule has 5 heteroatoms. The van der Waals surface area contributed by atoms with Crippen LogP contribution < -0.4 is 10.1 Å². The van der Waals surface area contributed by atoms with Gasteiger partial charge in [-0.2, -0.15) is 0 Å². The number of fused-ring (bicyclic) bond motifs is 1. The number of H-pyrrole nitrogens is 1. The molecule has 140 valence electrons. The molecule has 0 aliphatic rings. The molecule has 4 rings (SSSR count). The predicted molar refractivity (Wildman–Crippen MR) is 112 cm³/mol. The Kier molecular flexibility index (Phi) is 4.81. The van der Waals surface area contributed by atoms with Crippen LogP contribution in [0.4, 0.5) is 5.69 Å². The van der Waals surface area contributed by atoms with Crippen molar-refractivity contribution < 1.29 is 9.53 Å². The zero-order valence-corrected chi connectivity index (χ0v) is 15.8. The van der Waals surface area contributed by atoms with Crippen LogP contribution in [0.2, 0.25) is 0 Å². The number of rotatable bonds is 5. The number of hydrogen-bond acceptors (Lipinski definition) is 3. The zero-order chi connectivity index (χ0) is 19.5. The molecule has 1 aromatic heterocycles. The Morgan fingerprint density at radius 3 is 2.57 bits per heavy atom. The van der Waals surface area contributed by atoms with Crippen LogP contribution in [0.15, 0.2) is 66.7 Å². The van der Waals surface area contributed by atoms with E-state index < -0.39 is 0 Å². The lowest BCUT2D eigenvalue weighted by atomic mass is 10.1. The van der Waals surface area contributed by atoms with Gasteiger partial charge < -0.3 is 15.0 Å². The maximum Gasteiger partial charge on any atom is 0.228 e. The third-order valence-electron chi connectivity index (χ3n) is 4.66. The molecule has 0 spiro atoms. The van der Waals surface area contributed by atoms with Crippen molar-refractivity contribution in [3.8, 4) is 17.1 Å². The molecule has 4 aromatic rings. The van der Waals surface area contributed by atoms with Gasteiger partial charge in [0.1, 0.15) is 11.6 Å². The highest BCUT2D eigenvalue weighted by molar-refractivity contribution is 5.92. The van der Waals surface area contributed by atoms with Gasteiger partial charge in [0.2, 0.25) is 5.91 Å². The van der Waals surface area contributed by atoms with E-state index in [0.29, 0.717) is 6.42 Å². The minimum absolute atomic E-state index is 0.0546. The molecule has 0 fully saturated rings. The van der Waals surface area contributed by atoms with Gasteiger partial charge in [-0.05, 0) is 60.5 Å². The maximum absolute atomic E-state index is 12.4. The molecule has 0 radical (unpaired) electrons. The van der Waals surface area contributed by atoms with Gasteiger partial charge in [-0.25, -0.2) is 4.98 Å². The first-order valence-corrected chi connectivity index (χ1v) is 9.11. The Balaban J connectivity index is 1.44. The topological polar surface area (TPSA) is 67.0 Å². The van der Waals surface area contributed by atoms with Crippen LogP contribution in [0.5, 0.6) is 5.75 Å². The number of carbonyl (C=O) groups excluding carboxylic acids is 1. The quantitative estimate of drug-likeness (QED) is 0.533. The SMILES string of the molecule is COc1ccc(CC(=O)Nc2ccc(-c3nc4ccccc4[nH]3)cc2)cc1C. The third-order valence-corrected chi connectivity index (χ3v) is 4.66. The molecule has 0 saturated heterocycles. The number of aryl methyl sites for hydroxylation is 1. The number of anilines is 1. The first kappa shape index (κ1) is 17.8. The summed E-state index contributed by atoms with van der Waals surface area (Å²) in [5.74, 6) is 1.58. The molecule has 5 nitrogen and oxygen atoms in total. The van der Waals surface area contributed by atoms with Crippen LogP contribution in [0.3, 0.4) is 0 Å². The van der Waals surface area contributed by atoms with Crippen molar-refractivity contribution in [2.45, 2.75) is 13.3 Å². The van der Waals surface area contributed by atoms with Crippen molar-refractivity contribution in [2.24, 2.45) is 0 Å². The van der Waals surface area contributed by atoms with E-state index in [1.165, 1.54) is 0 Å². The molecule has 0 atom stereocenters. The molecule has 0 aliphatic heterocycles. The van der Waals surface area contributed by atoms with Gasteiger partial charge in [-0.1, -0.05) is 24.3 Å². The van der Waals surface area contributed by atoms with E-state index in [9.17, 15) is 4.79 Å². The average molecular weight is 371 g/mol. The summed E-state index contributed by atoms with van der Waals surface area (Å²) in [7, 11) is 1.64. The van der Waals surface area contributed by atoms with Gasteiger partial charge in [0.05, 0.1) is 24.6 Å². The number of methoxy groups -OCH3 is 1. The monoisotopic (exact) mass is 371 g/mol. The second-order valence-corrected chi connectivity index (χ2v) is 6.71. The van der Waals surface area contributed by atoms with Crippen molar-refractivity contribution in [3.63, 3.8) is 0 Å². The van der Waals surface area contributed by atoms with Gasteiger partial charge >= 0.3 is 0 Å². The minimum atomic E-state index is -0.0546. The summed E-state index contributed by atoms with van der Waals surface area (Å²) < 4.78 is 5.26. The van der Waals surface area contributed by atoms with Crippen molar-refractivity contribution in [1.82, 2.24) is 9.97 Å². The Morgan fingerprint density at radius 1 is 1.07 bits per heavy atom. The number of hydrogen-bond donors (Lipinski definition) is 2. The maximum atomic E-state index is 12.4. The summed E-state index contributed by atoms with van der Waals surface area (Å²) in [5.41, 5.74) is 5.64. The van der Waals surface area contributed by atoms with Crippen LogP contribution >= 0.6 is 0 Å². The molecular formula is C23H21N3O2. The summed E-state index contributed by atoms with van der Waals surface area (Å²) in [5, 5.41) is 2.94. The third kappa shape index (κ3) is 3.74. The number of aromatic nitrogens is 2. The van der Waals surface area contributed by atoms with E-state index in [0.717, 1.165) is 45.0 Å². The Hall–Kier alpha value is -3.60. The van der Waals surface area contributed by atoms with E-state index in [1.807, 2.05) is 73.7 Å². The van der Waals surface area contributed by atoms with Crippen molar-refractivity contribution in [1.29, 1.82) is 0 Å². The molecule has 2 N–H and O–H groups in total. The Bertz CT molecular complexity index is 1100. The van der Waals surface area contributed by atoms with E-state index in [1.54, 1.807) is 7.11 Å². The number of carbonyl (C=O) groups is 1. The predicted octanol–water partition coefficient (Wildman–Crippen LogP) is 4.73. The molecule has 0 saturated carbocycles. The molecule has 3 aromatic carbocycles. The number of nitrogens with one attached hydrogen (secondary N) is 2. The van der Waals surface area contributed by atoms with E-state index >= 15 is 0 Å². The summed E-state index contributed by atoms with van der Waals surface area (Å²) in [6, 6.07) is 21.4. The molecule has 1 amide bonds. The molecule has 1 heterocycles. The normalized spacial score (nSPS) is 10.8. The van der Waals surface area contributed by atoms with Gasteiger partial charge in [0.25, 0.3) is 0 Å². The highest BCUT2D eigenvalue weighted by Crippen LogP contribution is 2.22. The van der Waals surface area contributed by atoms with Gasteiger partial charge in [0.15, 0.2) is 0 Å². The minimum Gasteiger partial charge on any atom is -0.496 e. The number of amides is 1. The zero-order valence-electron chi connectivity index (χ0n) is 15.8. The van der Waals surface area contributed by atoms with Gasteiger partial charge in [-0.15, -0.1) is 0 Å². The number of nitrogens with zero attached hydrogens (tertiary/aromatic N) is 1. The fourth-order valence-electron chi connectivity index (χ4n) is 3.24. The summed E-state index contributed by atoms with van der Waals surface area (Å²) in [6.07, 6.45) is 0.316. The second kappa shape index (κ2) is 7.56. The van der Waals surface area contributed by atoms with Gasteiger partial charge in [0, 0.05) is 11.3 Å². The lowest BCUT2D eigenvalue weighted by Gasteiger charge is -2.09.